The molecule has 34 heavy (non-hydrogen) atoms. The molecular formula is C25H24FN3O5. The van der Waals surface area contributed by atoms with Crippen molar-refractivity contribution >= 4 is 23.3 Å². The van der Waals surface area contributed by atoms with E-state index < -0.39 is 17.7 Å². The summed E-state index contributed by atoms with van der Waals surface area (Å²) in [4.78, 5) is 31.7. The third-order valence-corrected chi connectivity index (χ3v) is 5.36. The summed E-state index contributed by atoms with van der Waals surface area (Å²) in [6.45, 7) is 3.99. The van der Waals surface area contributed by atoms with Gasteiger partial charge in [0.15, 0.2) is 0 Å². The van der Waals surface area contributed by atoms with Crippen molar-refractivity contribution in [3.05, 3.63) is 77.4 Å². The van der Waals surface area contributed by atoms with Crippen molar-refractivity contribution in [2.75, 3.05) is 43.6 Å². The third kappa shape index (κ3) is 5.49. The van der Waals surface area contributed by atoms with E-state index in [0.717, 1.165) is 0 Å². The van der Waals surface area contributed by atoms with E-state index in [-0.39, 0.29) is 16.8 Å². The average Bonchev–Trinajstić information content (AvgIpc) is 2.85. The number of morpholine rings is 1. The van der Waals surface area contributed by atoms with Gasteiger partial charge >= 0.3 is 5.97 Å². The van der Waals surface area contributed by atoms with Gasteiger partial charge in [0.2, 0.25) is 0 Å². The number of halogens is 1. The van der Waals surface area contributed by atoms with Gasteiger partial charge in [-0.2, -0.15) is 0 Å². The number of pyridine rings is 1. The Bertz CT molecular complexity index is 1190. The molecule has 0 aliphatic carbocycles. The number of carbonyl (C=O) groups is 2. The summed E-state index contributed by atoms with van der Waals surface area (Å²) in [5.41, 5.74) is 1.69. The van der Waals surface area contributed by atoms with Gasteiger partial charge in [0, 0.05) is 24.3 Å². The molecule has 9 heteroatoms. The van der Waals surface area contributed by atoms with Crippen LogP contribution in [0.1, 0.15) is 26.4 Å². The van der Waals surface area contributed by atoms with Gasteiger partial charge in [-0.15, -0.1) is 0 Å². The molecule has 0 unspecified atom stereocenters. The summed E-state index contributed by atoms with van der Waals surface area (Å²) in [5.74, 6) is -0.674. The van der Waals surface area contributed by atoms with Crippen LogP contribution in [0.25, 0.3) is 0 Å². The van der Waals surface area contributed by atoms with Crippen LogP contribution in [-0.2, 0) is 4.74 Å². The number of aromatic nitrogens is 1. The van der Waals surface area contributed by atoms with E-state index in [0.29, 0.717) is 49.2 Å². The number of amides is 1. The van der Waals surface area contributed by atoms with Crippen LogP contribution in [-0.4, -0.2) is 50.3 Å². The van der Waals surface area contributed by atoms with Gasteiger partial charge in [0.25, 0.3) is 5.91 Å². The van der Waals surface area contributed by atoms with Gasteiger partial charge < -0.3 is 24.4 Å². The summed E-state index contributed by atoms with van der Waals surface area (Å²) >= 11 is 0. The predicted octanol–water partition coefficient (Wildman–Crippen LogP) is 3.85. The van der Waals surface area contributed by atoms with Gasteiger partial charge in [-0.3, -0.25) is 9.78 Å². The second-order valence-corrected chi connectivity index (χ2v) is 7.67. The molecule has 4 rings (SSSR count). The molecule has 2 aromatic carbocycles. The number of nitrogens with zero attached hydrogens (tertiary/aromatic N) is 2. The molecule has 1 saturated heterocycles. The van der Waals surface area contributed by atoms with Crippen LogP contribution < -0.4 is 19.7 Å². The zero-order chi connectivity index (χ0) is 24.1. The van der Waals surface area contributed by atoms with Crippen molar-refractivity contribution < 1.29 is 28.2 Å². The topological polar surface area (TPSA) is 90.0 Å². The van der Waals surface area contributed by atoms with E-state index in [1.165, 1.54) is 24.4 Å². The van der Waals surface area contributed by atoms with Crippen LogP contribution in [0.4, 0.5) is 15.8 Å². The number of nitrogens with one attached hydrogen (secondary N) is 1. The first kappa shape index (κ1) is 23.2. The summed E-state index contributed by atoms with van der Waals surface area (Å²) in [6.07, 6.45) is 1.43. The van der Waals surface area contributed by atoms with E-state index in [1.807, 2.05) is 4.90 Å². The van der Waals surface area contributed by atoms with Gasteiger partial charge in [0.05, 0.1) is 43.5 Å². The van der Waals surface area contributed by atoms with Crippen LogP contribution in [0.3, 0.4) is 0 Å². The summed E-state index contributed by atoms with van der Waals surface area (Å²) in [7, 11) is 1.54. The van der Waals surface area contributed by atoms with Crippen LogP contribution in [0.5, 0.6) is 11.5 Å². The highest BCUT2D eigenvalue weighted by atomic mass is 19.1. The standard InChI is InChI=1S/C25H24FN3O5/c1-16-23(25(31)34-22-5-3-21(32-2)4-6-22)14-19(15-27-16)28-24(30)17-11-18(26)13-20(12-17)29-7-9-33-10-8-29/h3-6,11-15H,7-10H2,1-2H3,(H,28,30). The number of ether oxygens (including phenoxy) is 3. The number of anilines is 2. The molecule has 8 nitrogen and oxygen atoms in total. The maximum atomic E-state index is 14.2. The van der Waals surface area contributed by atoms with Crippen molar-refractivity contribution in [3.8, 4) is 11.5 Å². The Morgan fingerprint density at radius 2 is 1.76 bits per heavy atom. The smallest absolute Gasteiger partial charge is 0.345 e. The number of rotatable bonds is 6. The maximum Gasteiger partial charge on any atom is 0.345 e. The molecule has 0 saturated carbocycles. The molecule has 1 fully saturated rings. The summed E-state index contributed by atoms with van der Waals surface area (Å²) < 4.78 is 30.1. The van der Waals surface area contributed by atoms with Crippen molar-refractivity contribution in [1.29, 1.82) is 0 Å². The first-order valence-electron chi connectivity index (χ1n) is 10.7. The number of hydrogen-bond acceptors (Lipinski definition) is 7. The Balaban J connectivity index is 1.49. The highest BCUT2D eigenvalue weighted by Gasteiger charge is 2.18. The molecule has 0 atom stereocenters. The molecule has 1 amide bonds. The maximum absolute atomic E-state index is 14.2. The largest absolute Gasteiger partial charge is 0.497 e. The third-order valence-electron chi connectivity index (χ3n) is 5.36. The van der Waals surface area contributed by atoms with Crippen molar-refractivity contribution in [2.24, 2.45) is 0 Å². The Kier molecular flexibility index (Phi) is 7.03. The summed E-state index contributed by atoms with van der Waals surface area (Å²) in [6, 6.07) is 12.2. The lowest BCUT2D eigenvalue weighted by molar-refractivity contribution is 0.0733. The number of hydrogen-bond donors (Lipinski definition) is 1. The molecule has 1 aliphatic rings. The number of aryl methyl sites for hydroxylation is 1. The quantitative estimate of drug-likeness (QED) is 0.437. The normalized spacial score (nSPS) is 13.3. The highest BCUT2D eigenvalue weighted by Crippen LogP contribution is 2.23. The Hall–Kier alpha value is -3.98. The molecular weight excluding hydrogens is 441 g/mol. The van der Waals surface area contributed by atoms with Crippen molar-refractivity contribution in [2.45, 2.75) is 6.92 Å². The number of methoxy groups -OCH3 is 1. The van der Waals surface area contributed by atoms with E-state index >= 15 is 0 Å². The SMILES string of the molecule is COc1ccc(OC(=O)c2cc(NC(=O)c3cc(F)cc(N4CCOCC4)c3)cnc2C)cc1. The highest BCUT2D eigenvalue weighted by molar-refractivity contribution is 6.05. The predicted molar refractivity (Wildman–Crippen MR) is 124 cm³/mol. The van der Waals surface area contributed by atoms with Gasteiger partial charge in [-0.25, -0.2) is 9.18 Å². The van der Waals surface area contributed by atoms with Gasteiger partial charge in [-0.1, -0.05) is 0 Å². The number of carbonyl (C=O) groups excluding carboxylic acids is 2. The van der Waals surface area contributed by atoms with Crippen LogP contribution in [0.15, 0.2) is 54.7 Å². The molecule has 3 aromatic rings. The number of esters is 1. The fourth-order valence-electron chi connectivity index (χ4n) is 3.53. The zero-order valence-electron chi connectivity index (χ0n) is 18.8. The second-order valence-electron chi connectivity index (χ2n) is 7.67. The molecule has 2 heterocycles. The molecule has 176 valence electrons. The first-order chi connectivity index (χ1) is 16.4. The lowest BCUT2D eigenvalue weighted by atomic mass is 10.1. The average molecular weight is 465 g/mol. The minimum absolute atomic E-state index is 0.157. The monoisotopic (exact) mass is 465 g/mol. The van der Waals surface area contributed by atoms with Crippen LogP contribution in [0, 0.1) is 12.7 Å². The van der Waals surface area contributed by atoms with Crippen LogP contribution >= 0.6 is 0 Å². The van der Waals surface area contributed by atoms with E-state index in [1.54, 1.807) is 44.4 Å². The Morgan fingerprint density at radius 3 is 2.47 bits per heavy atom. The fraction of sp³-hybridized carbons (Fsp3) is 0.240. The molecule has 0 bridgehead atoms. The second kappa shape index (κ2) is 10.3. The van der Waals surface area contributed by atoms with Gasteiger partial charge in [-0.05, 0) is 55.5 Å². The lowest BCUT2D eigenvalue weighted by Crippen LogP contribution is -2.36. The molecule has 0 spiro atoms. The molecule has 0 radical (unpaired) electrons. The zero-order valence-corrected chi connectivity index (χ0v) is 18.8. The Labute approximate surface area is 196 Å². The van der Waals surface area contributed by atoms with E-state index in [9.17, 15) is 14.0 Å². The van der Waals surface area contributed by atoms with E-state index in [2.05, 4.69) is 10.3 Å². The molecule has 1 N–H and O–H groups in total. The fourth-order valence-corrected chi connectivity index (χ4v) is 3.53. The molecule has 1 aliphatic heterocycles. The van der Waals surface area contributed by atoms with E-state index in [4.69, 9.17) is 14.2 Å². The van der Waals surface area contributed by atoms with Gasteiger partial charge in [0.1, 0.15) is 17.3 Å². The first-order valence-corrected chi connectivity index (χ1v) is 10.7. The summed E-state index contributed by atoms with van der Waals surface area (Å²) in [5, 5.41) is 2.68. The molecule has 1 aromatic heterocycles. The van der Waals surface area contributed by atoms with Crippen molar-refractivity contribution in [1.82, 2.24) is 4.98 Å². The van der Waals surface area contributed by atoms with Crippen LogP contribution in [0.2, 0.25) is 0 Å². The minimum atomic E-state index is -0.619. The minimum Gasteiger partial charge on any atom is -0.497 e. The number of benzene rings is 2. The van der Waals surface area contributed by atoms with Crippen molar-refractivity contribution in [3.63, 3.8) is 0 Å². The Morgan fingerprint density at radius 1 is 1.06 bits per heavy atom. The lowest BCUT2D eigenvalue weighted by Gasteiger charge is -2.29.